The number of aromatic nitrogens is 1. The second-order valence-corrected chi connectivity index (χ2v) is 5.16. The summed E-state index contributed by atoms with van der Waals surface area (Å²) in [7, 11) is 0. The molecule has 0 bridgehead atoms. The highest BCUT2D eigenvalue weighted by molar-refractivity contribution is 6.31. The third-order valence-corrected chi connectivity index (χ3v) is 3.49. The Hall–Kier alpha value is -2.07. The molecule has 0 aliphatic rings. The monoisotopic (exact) mass is 303 g/mol. The highest BCUT2D eigenvalue weighted by Crippen LogP contribution is 2.26. The number of hydrogen-bond donors (Lipinski definition) is 2. The summed E-state index contributed by atoms with van der Waals surface area (Å²) in [6.45, 7) is 4.61. The van der Waals surface area contributed by atoms with Crippen molar-refractivity contribution in [1.29, 1.82) is 0 Å². The molecule has 1 aromatic heterocycles. The molecule has 21 heavy (non-hydrogen) atoms. The lowest BCUT2D eigenvalue weighted by molar-refractivity contribution is 0.0953. The number of nitrogens with zero attached hydrogens (tertiary/aromatic N) is 1. The van der Waals surface area contributed by atoms with Crippen LogP contribution in [0.25, 0.3) is 0 Å². The highest BCUT2D eigenvalue weighted by Gasteiger charge is 2.07. The van der Waals surface area contributed by atoms with Crippen LogP contribution in [-0.4, -0.2) is 17.4 Å². The Bertz CT molecular complexity index is 643. The zero-order valence-electron chi connectivity index (χ0n) is 12.1. The first-order valence-electron chi connectivity index (χ1n) is 6.87. The molecule has 0 saturated carbocycles. The van der Waals surface area contributed by atoms with Gasteiger partial charge in [0.2, 0.25) is 0 Å². The van der Waals surface area contributed by atoms with Gasteiger partial charge in [-0.15, -0.1) is 0 Å². The lowest BCUT2D eigenvalue weighted by Crippen LogP contribution is -2.24. The van der Waals surface area contributed by atoms with Crippen molar-refractivity contribution in [3.8, 4) is 0 Å². The second kappa shape index (κ2) is 7.09. The number of hydrogen-bond acceptors (Lipinski definition) is 3. The normalized spacial score (nSPS) is 10.2. The van der Waals surface area contributed by atoms with Gasteiger partial charge in [-0.1, -0.05) is 24.6 Å². The van der Waals surface area contributed by atoms with Crippen molar-refractivity contribution in [3.05, 3.63) is 52.8 Å². The first-order chi connectivity index (χ1) is 10.1. The molecule has 0 saturated heterocycles. The Labute approximate surface area is 129 Å². The van der Waals surface area contributed by atoms with Gasteiger partial charge in [0.15, 0.2) is 0 Å². The number of halogens is 1. The minimum absolute atomic E-state index is 0.115. The van der Waals surface area contributed by atoms with Crippen molar-refractivity contribution in [2.24, 2.45) is 0 Å². The number of carbonyl (C=O) groups is 1. The van der Waals surface area contributed by atoms with Gasteiger partial charge in [0.05, 0.1) is 17.4 Å². The van der Waals surface area contributed by atoms with Gasteiger partial charge in [0.25, 0.3) is 5.91 Å². The Balaban J connectivity index is 2.18. The fraction of sp³-hybridized carbons (Fsp3) is 0.250. The molecule has 0 aliphatic heterocycles. The zero-order chi connectivity index (χ0) is 15.2. The van der Waals surface area contributed by atoms with Gasteiger partial charge >= 0.3 is 0 Å². The summed E-state index contributed by atoms with van der Waals surface area (Å²) < 4.78 is 0. The topological polar surface area (TPSA) is 54.0 Å². The van der Waals surface area contributed by atoms with E-state index in [1.807, 2.05) is 32.0 Å². The van der Waals surface area contributed by atoms with E-state index < -0.39 is 0 Å². The van der Waals surface area contributed by atoms with Gasteiger partial charge in [-0.2, -0.15) is 0 Å². The van der Waals surface area contributed by atoms with Gasteiger partial charge < -0.3 is 10.6 Å². The van der Waals surface area contributed by atoms with Crippen molar-refractivity contribution < 1.29 is 4.79 Å². The number of benzene rings is 1. The standard InChI is InChI=1S/C16H18ClN3O/c1-3-7-19-16(21)12-8-13(10-18-9-12)20-15-6-4-5-14(17)11(15)2/h4-6,8-10,20H,3,7H2,1-2H3,(H,19,21). The minimum Gasteiger partial charge on any atom is -0.354 e. The fourth-order valence-electron chi connectivity index (χ4n) is 1.87. The van der Waals surface area contributed by atoms with Crippen LogP contribution in [0.4, 0.5) is 11.4 Å². The van der Waals surface area contributed by atoms with Crippen LogP contribution in [0, 0.1) is 6.92 Å². The van der Waals surface area contributed by atoms with Crippen LogP contribution in [0.5, 0.6) is 0 Å². The van der Waals surface area contributed by atoms with Crippen molar-refractivity contribution in [2.75, 3.05) is 11.9 Å². The minimum atomic E-state index is -0.115. The lowest BCUT2D eigenvalue weighted by Gasteiger charge is -2.11. The molecule has 2 aromatic rings. The quantitative estimate of drug-likeness (QED) is 0.880. The largest absolute Gasteiger partial charge is 0.354 e. The maximum Gasteiger partial charge on any atom is 0.252 e. The summed E-state index contributed by atoms with van der Waals surface area (Å²) in [5.41, 5.74) is 3.15. The average Bonchev–Trinajstić information content (AvgIpc) is 2.50. The molecule has 4 nitrogen and oxygen atoms in total. The van der Waals surface area contributed by atoms with E-state index in [1.54, 1.807) is 18.5 Å². The molecule has 2 N–H and O–H groups in total. The van der Waals surface area contributed by atoms with Crippen molar-refractivity contribution >= 4 is 28.9 Å². The Morgan fingerprint density at radius 1 is 1.33 bits per heavy atom. The van der Waals surface area contributed by atoms with Crippen LogP contribution in [0.2, 0.25) is 5.02 Å². The fourth-order valence-corrected chi connectivity index (χ4v) is 2.05. The van der Waals surface area contributed by atoms with Crippen LogP contribution in [-0.2, 0) is 0 Å². The molecule has 110 valence electrons. The van der Waals surface area contributed by atoms with Gasteiger partial charge in [-0.3, -0.25) is 9.78 Å². The summed E-state index contributed by atoms with van der Waals surface area (Å²) in [5, 5.41) is 6.77. The summed E-state index contributed by atoms with van der Waals surface area (Å²) in [5.74, 6) is -0.115. The van der Waals surface area contributed by atoms with Crippen LogP contribution in [0.3, 0.4) is 0 Å². The van der Waals surface area contributed by atoms with E-state index in [2.05, 4.69) is 15.6 Å². The summed E-state index contributed by atoms with van der Waals surface area (Å²) in [4.78, 5) is 16.0. The number of anilines is 2. The third kappa shape index (κ3) is 3.95. The Morgan fingerprint density at radius 2 is 2.14 bits per heavy atom. The molecule has 0 atom stereocenters. The van der Waals surface area contributed by atoms with E-state index in [4.69, 9.17) is 11.6 Å². The highest BCUT2D eigenvalue weighted by atomic mass is 35.5. The molecule has 0 aliphatic carbocycles. The average molecular weight is 304 g/mol. The van der Waals surface area contributed by atoms with E-state index in [0.717, 1.165) is 23.4 Å². The number of amides is 1. The Morgan fingerprint density at radius 3 is 2.90 bits per heavy atom. The predicted molar refractivity (Wildman–Crippen MR) is 86.3 cm³/mol. The Kier molecular flexibility index (Phi) is 5.17. The summed E-state index contributed by atoms with van der Waals surface area (Å²) in [6.07, 6.45) is 4.14. The molecule has 2 rings (SSSR count). The molecule has 1 amide bonds. The van der Waals surface area contributed by atoms with Crippen LogP contribution < -0.4 is 10.6 Å². The van der Waals surface area contributed by atoms with Crippen LogP contribution >= 0.6 is 11.6 Å². The number of pyridine rings is 1. The first kappa shape index (κ1) is 15.3. The molecule has 0 spiro atoms. The summed E-state index contributed by atoms with van der Waals surface area (Å²) in [6, 6.07) is 7.43. The summed E-state index contributed by atoms with van der Waals surface area (Å²) >= 11 is 6.10. The maximum absolute atomic E-state index is 11.9. The predicted octanol–water partition coefficient (Wildman–Crippen LogP) is 3.93. The third-order valence-electron chi connectivity index (χ3n) is 3.08. The zero-order valence-corrected chi connectivity index (χ0v) is 12.9. The number of carbonyl (C=O) groups excluding carboxylic acids is 1. The number of rotatable bonds is 5. The van der Waals surface area contributed by atoms with Crippen LogP contribution in [0.15, 0.2) is 36.7 Å². The van der Waals surface area contributed by atoms with E-state index in [0.29, 0.717) is 17.1 Å². The van der Waals surface area contributed by atoms with Crippen molar-refractivity contribution in [2.45, 2.75) is 20.3 Å². The van der Waals surface area contributed by atoms with Gasteiger partial charge in [0.1, 0.15) is 0 Å². The van der Waals surface area contributed by atoms with E-state index in [1.165, 1.54) is 0 Å². The lowest BCUT2D eigenvalue weighted by atomic mass is 10.2. The molecular weight excluding hydrogens is 286 g/mol. The molecule has 0 radical (unpaired) electrons. The van der Waals surface area contributed by atoms with E-state index >= 15 is 0 Å². The second-order valence-electron chi connectivity index (χ2n) is 4.76. The van der Waals surface area contributed by atoms with Crippen molar-refractivity contribution in [1.82, 2.24) is 10.3 Å². The van der Waals surface area contributed by atoms with Gasteiger partial charge in [0, 0.05) is 23.5 Å². The molecular formula is C16H18ClN3O. The molecule has 1 aromatic carbocycles. The molecule has 1 heterocycles. The molecule has 0 fully saturated rings. The maximum atomic E-state index is 11.9. The molecule has 0 unspecified atom stereocenters. The smallest absolute Gasteiger partial charge is 0.252 e. The van der Waals surface area contributed by atoms with Gasteiger partial charge in [-0.05, 0) is 37.1 Å². The SMILES string of the molecule is CCCNC(=O)c1cncc(Nc2cccc(Cl)c2C)c1. The van der Waals surface area contributed by atoms with Gasteiger partial charge in [-0.25, -0.2) is 0 Å². The molecule has 5 heteroatoms. The number of nitrogens with one attached hydrogen (secondary N) is 2. The van der Waals surface area contributed by atoms with E-state index in [-0.39, 0.29) is 5.91 Å². The van der Waals surface area contributed by atoms with Crippen molar-refractivity contribution in [3.63, 3.8) is 0 Å². The van der Waals surface area contributed by atoms with E-state index in [9.17, 15) is 4.79 Å². The van der Waals surface area contributed by atoms with Crippen LogP contribution in [0.1, 0.15) is 29.3 Å². The first-order valence-corrected chi connectivity index (χ1v) is 7.25.